The Morgan fingerprint density at radius 1 is 1.16 bits per heavy atom. The van der Waals surface area contributed by atoms with Gasteiger partial charge in [0.2, 0.25) is 5.91 Å². The van der Waals surface area contributed by atoms with Crippen molar-refractivity contribution in [2.45, 2.75) is 43.6 Å². The van der Waals surface area contributed by atoms with Crippen molar-refractivity contribution in [2.75, 3.05) is 12.3 Å². The van der Waals surface area contributed by atoms with E-state index < -0.39 is 0 Å². The number of carbonyl (C=O) groups is 1. The zero-order valence-corrected chi connectivity index (χ0v) is 18.6. The van der Waals surface area contributed by atoms with Crippen LogP contribution in [0.15, 0.2) is 48.8 Å². The van der Waals surface area contributed by atoms with Gasteiger partial charge in [0.05, 0.1) is 23.2 Å². The molecule has 2 fully saturated rings. The number of hydrogen-bond donors (Lipinski definition) is 2. The highest BCUT2D eigenvalue weighted by molar-refractivity contribution is 8.00. The number of aliphatic hydroxyl groups excluding tert-OH is 1. The monoisotopic (exact) mass is 454 g/mol. The van der Waals surface area contributed by atoms with E-state index in [4.69, 9.17) is 5.10 Å². The Bertz CT molecular complexity index is 1060. The first-order valence-electron chi connectivity index (χ1n) is 11.2. The highest BCUT2D eigenvalue weighted by Gasteiger charge is 2.36. The van der Waals surface area contributed by atoms with Crippen LogP contribution in [0.1, 0.15) is 43.0 Å². The number of aromatic nitrogens is 3. The molecule has 0 spiro atoms. The standard InChI is InChI=1S/C24H27FN4O2S/c25-17-5-7-18(8-6-17)29-14-20(23(27-29)21-2-1-12-26-21)24-28(22(31)15-32-24)13-11-16-3-9-19(30)10-4-16/h1-2,5-8,12,14,16,19,24,26,30H,3-4,9-11,13,15H2/t16?,19?,24-/m0/s1. The average Bonchev–Trinajstić information content (AvgIpc) is 3.53. The molecule has 2 aromatic heterocycles. The maximum atomic E-state index is 13.4. The highest BCUT2D eigenvalue weighted by Crippen LogP contribution is 2.43. The van der Waals surface area contributed by atoms with E-state index >= 15 is 0 Å². The Morgan fingerprint density at radius 2 is 1.94 bits per heavy atom. The van der Waals surface area contributed by atoms with E-state index in [0.717, 1.165) is 54.7 Å². The second-order valence-electron chi connectivity index (χ2n) is 8.65. The number of hydrogen-bond acceptors (Lipinski definition) is 4. The van der Waals surface area contributed by atoms with Gasteiger partial charge in [0, 0.05) is 24.5 Å². The number of nitrogens with zero attached hydrogens (tertiary/aromatic N) is 3. The predicted molar refractivity (Wildman–Crippen MR) is 123 cm³/mol. The lowest BCUT2D eigenvalue weighted by molar-refractivity contribution is -0.128. The van der Waals surface area contributed by atoms with Gasteiger partial charge < -0.3 is 15.0 Å². The summed E-state index contributed by atoms with van der Waals surface area (Å²) in [6, 6.07) is 10.1. The fourth-order valence-corrected chi connectivity index (χ4v) is 5.91. The molecule has 8 heteroatoms. The molecule has 168 valence electrons. The third kappa shape index (κ3) is 4.34. The molecule has 2 N–H and O–H groups in total. The lowest BCUT2D eigenvalue weighted by Crippen LogP contribution is -2.31. The summed E-state index contributed by atoms with van der Waals surface area (Å²) in [5.74, 6) is 0.883. The number of rotatable bonds is 6. The maximum Gasteiger partial charge on any atom is 0.233 e. The molecule has 0 unspecified atom stereocenters. The fraction of sp³-hybridized carbons (Fsp3) is 0.417. The molecular formula is C24H27FN4O2S. The summed E-state index contributed by atoms with van der Waals surface area (Å²) < 4.78 is 15.2. The van der Waals surface area contributed by atoms with Crippen molar-refractivity contribution in [3.63, 3.8) is 0 Å². The highest BCUT2D eigenvalue weighted by atomic mass is 32.2. The molecule has 1 aliphatic carbocycles. The van der Waals surface area contributed by atoms with E-state index in [9.17, 15) is 14.3 Å². The van der Waals surface area contributed by atoms with Crippen molar-refractivity contribution in [1.82, 2.24) is 19.7 Å². The summed E-state index contributed by atoms with van der Waals surface area (Å²) in [7, 11) is 0. The van der Waals surface area contributed by atoms with E-state index in [1.165, 1.54) is 12.1 Å². The van der Waals surface area contributed by atoms with Gasteiger partial charge in [0.1, 0.15) is 16.9 Å². The van der Waals surface area contributed by atoms with Crippen molar-refractivity contribution in [3.05, 3.63) is 60.2 Å². The number of halogens is 1. The predicted octanol–water partition coefficient (Wildman–Crippen LogP) is 4.52. The molecule has 1 aliphatic heterocycles. The summed E-state index contributed by atoms with van der Waals surface area (Å²) in [6.45, 7) is 0.711. The van der Waals surface area contributed by atoms with Gasteiger partial charge in [-0.2, -0.15) is 5.10 Å². The van der Waals surface area contributed by atoms with E-state index in [2.05, 4.69) is 4.98 Å². The van der Waals surface area contributed by atoms with Gasteiger partial charge >= 0.3 is 0 Å². The molecule has 1 amide bonds. The molecule has 32 heavy (non-hydrogen) atoms. The Balaban J connectivity index is 1.42. The zero-order valence-electron chi connectivity index (χ0n) is 17.8. The zero-order chi connectivity index (χ0) is 22.1. The van der Waals surface area contributed by atoms with Gasteiger partial charge in [0.15, 0.2) is 0 Å². The molecule has 5 rings (SSSR count). The first-order chi connectivity index (χ1) is 15.6. The third-order valence-electron chi connectivity index (χ3n) is 6.52. The van der Waals surface area contributed by atoms with Gasteiger partial charge in [-0.15, -0.1) is 11.8 Å². The number of nitrogens with one attached hydrogen (secondary N) is 1. The first kappa shape index (κ1) is 21.3. The fourth-order valence-electron chi connectivity index (χ4n) is 4.69. The van der Waals surface area contributed by atoms with Gasteiger partial charge in [-0.1, -0.05) is 0 Å². The lowest BCUT2D eigenvalue weighted by Gasteiger charge is -2.29. The molecular weight excluding hydrogens is 427 g/mol. The smallest absolute Gasteiger partial charge is 0.233 e. The van der Waals surface area contributed by atoms with E-state index in [1.807, 2.05) is 29.4 Å². The summed E-state index contributed by atoms with van der Waals surface area (Å²) in [5, 5.41) is 14.5. The number of thioether (sulfide) groups is 1. The molecule has 1 atom stereocenters. The first-order valence-corrected chi connectivity index (χ1v) is 12.2. The van der Waals surface area contributed by atoms with Crippen molar-refractivity contribution < 1.29 is 14.3 Å². The number of aliphatic hydroxyl groups is 1. The molecule has 2 aliphatic rings. The molecule has 6 nitrogen and oxygen atoms in total. The normalized spacial score (nSPS) is 23.8. The molecule has 0 bridgehead atoms. The van der Waals surface area contributed by atoms with Gasteiger partial charge in [-0.3, -0.25) is 4.79 Å². The van der Waals surface area contributed by atoms with Crippen LogP contribution >= 0.6 is 11.8 Å². The van der Waals surface area contributed by atoms with Crippen LogP contribution in [-0.2, 0) is 4.79 Å². The molecule has 1 aromatic carbocycles. The van der Waals surface area contributed by atoms with E-state index in [1.54, 1.807) is 28.6 Å². The topological polar surface area (TPSA) is 74.2 Å². The van der Waals surface area contributed by atoms with Crippen molar-refractivity contribution in [1.29, 1.82) is 0 Å². The minimum absolute atomic E-state index is 0.107. The number of H-pyrrole nitrogens is 1. The van der Waals surface area contributed by atoms with Gasteiger partial charge in [-0.05, 0) is 74.4 Å². The Kier molecular flexibility index (Phi) is 6.06. The van der Waals surface area contributed by atoms with Crippen molar-refractivity contribution in [2.24, 2.45) is 5.92 Å². The summed E-state index contributed by atoms with van der Waals surface area (Å²) >= 11 is 1.63. The van der Waals surface area contributed by atoms with Crippen LogP contribution in [0.25, 0.3) is 17.1 Å². The largest absolute Gasteiger partial charge is 0.393 e. The molecule has 3 heterocycles. The number of aromatic amines is 1. The lowest BCUT2D eigenvalue weighted by atomic mass is 9.85. The van der Waals surface area contributed by atoms with Crippen LogP contribution in [0.2, 0.25) is 0 Å². The molecule has 1 saturated heterocycles. The van der Waals surface area contributed by atoms with Crippen LogP contribution < -0.4 is 0 Å². The van der Waals surface area contributed by atoms with Gasteiger partial charge in [-0.25, -0.2) is 9.07 Å². The van der Waals surface area contributed by atoms with Crippen molar-refractivity contribution >= 4 is 17.7 Å². The Labute approximate surface area is 190 Å². The minimum atomic E-state index is -0.288. The quantitative estimate of drug-likeness (QED) is 0.574. The second-order valence-corrected chi connectivity index (χ2v) is 9.72. The van der Waals surface area contributed by atoms with E-state index in [0.29, 0.717) is 18.2 Å². The van der Waals surface area contributed by atoms with Gasteiger partial charge in [0.25, 0.3) is 0 Å². The number of benzene rings is 1. The van der Waals surface area contributed by atoms with Crippen LogP contribution in [0.3, 0.4) is 0 Å². The SMILES string of the molecule is O=C1CS[C@@H](c2cn(-c3ccc(F)cc3)nc2-c2ccc[nH]2)N1CCC1CCC(O)CC1. The summed E-state index contributed by atoms with van der Waals surface area (Å²) in [6.07, 6.45) is 8.38. The molecule has 0 radical (unpaired) electrons. The minimum Gasteiger partial charge on any atom is -0.393 e. The maximum absolute atomic E-state index is 13.4. The molecule has 1 saturated carbocycles. The van der Waals surface area contributed by atoms with Crippen LogP contribution in [-0.4, -0.2) is 49.1 Å². The number of carbonyl (C=O) groups excluding carboxylic acids is 1. The average molecular weight is 455 g/mol. The molecule has 3 aromatic rings. The van der Waals surface area contributed by atoms with Crippen LogP contribution in [0.5, 0.6) is 0 Å². The van der Waals surface area contributed by atoms with Crippen LogP contribution in [0.4, 0.5) is 4.39 Å². The Morgan fingerprint density at radius 3 is 2.66 bits per heavy atom. The summed E-state index contributed by atoms with van der Waals surface area (Å²) in [5.41, 5.74) is 3.44. The van der Waals surface area contributed by atoms with E-state index in [-0.39, 0.29) is 23.2 Å². The third-order valence-corrected chi connectivity index (χ3v) is 7.75. The van der Waals surface area contributed by atoms with Crippen LogP contribution in [0, 0.1) is 11.7 Å². The Hall–Kier alpha value is -2.58. The number of amides is 1. The summed E-state index contributed by atoms with van der Waals surface area (Å²) in [4.78, 5) is 18.0. The second kappa shape index (κ2) is 9.11. The van der Waals surface area contributed by atoms with Crippen molar-refractivity contribution in [3.8, 4) is 17.1 Å².